The molecule has 0 radical (unpaired) electrons. The Labute approximate surface area is 134 Å². The van der Waals surface area contributed by atoms with Gasteiger partial charge in [0.2, 0.25) is 5.78 Å². The third kappa shape index (κ3) is 3.27. The highest BCUT2D eigenvalue weighted by atomic mass is 32.2. The Balaban J connectivity index is 1.94. The van der Waals surface area contributed by atoms with Crippen LogP contribution in [-0.2, 0) is 10.1 Å². The predicted octanol–water partition coefficient (Wildman–Crippen LogP) is 2.95. The van der Waals surface area contributed by atoms with E-state index in [1.54, 1.807) is 6.08 Å². The number of allylic oxidation sites excluding steroid dienone is 1. The largest absolute Gasteiger partial charge is 0.452 e. The van der Waals surface area contributed by atoms with Gasteiger partial charge in [-0.05, 0) is 36.3 Å². The van der Waals surface area contributed by atoms with Crippen LogP contribution >= 0.6 is 0 Å². The zero-order chi connectivity index (χ0) is 16.6. The minimum absolute atomic E-state index is 0.108. The summed E-state index contributed by atoms with van der Waals surface area (Å²) in [5, 5.41) is 0. The van der Waals surface area contributed by atoms with Crippen LogP contribution in [0.15, 0.2) is 48.2 Å². The fourth-order valence-corrected chi connectivity index (χ4v) is 2.74. The van der Waals surface area contributed by atoms with Crippen LogP contribution in [0.1, 0.15) is 21.5 Å². The van der Waals surface area contributed by atoms with Crippen molar-refractivity contribution in [3.63, 3.8) is 0 Å². The van der Waals surface area contributed by atoms with Gasteiger partial charge in [-0.1, -0.05) is 24.3 Å². The second-order valence-corrected chi connectivity index (χ2v) is 6.82. The summed E-state index contributed by atoms with van der Waals surface area (Å²) >= 11 is 0. The fourth-order valence-electron chi connectivity index (χ4n) is 2.28. The zero-order valence-electron chi connectivity index (χ0n) is 12.6. The van der Waals surface area contributed by atoms with Crippen molar-refractivity contribution in [2.24, 2.45) is 0 Å². The van der Waals surface area contributed by atoms with Gasteiger partial charge in [-0.3, -0.25) is 4.79 Å². The number of fused-ring (bicyclic) bond motifs is 1. The zero-order valence-corrected chi connectivity index (χ0v) is 13.4. The van der Waals surface area contributed by atoms with E-state index in [0.29, 0.717) is 5.56 Å². The molecule has 23 heavy (non-hydrogen) atoms. The number of benzene rings is 2. The molecule has 1 heterocycles. The van der Waals surface area contributed by atoms with Gasteiger partial charge in [0.15, 0.2) is 5.76 Å². The van der Waals surface area contributed by atoms with E-state index in [1.807, 2.05) is 31.2 Å². The van der Waals surface area contributed by atoms with Crippen LogP contribution in [0.5, 0.6) is 11.5 Å². The maximum Gasteiger partial charge on any atom is 0.306 e. The van der Waals surface area contributed by atoms with Gasteiger partial charge in [-0.2, -0.15) is 8.42 Å². The van der Waals surface area contributed by atoms with Gasteiger partial charge in [0.25, 0.3) is 0 Å². The molecule has 1 aliphatic heterocycles. The van der Waals surface area contributed by atoms with Gasteiger partial charge < -0.3 is 8.92 Å². The molecule has 0 fully saturated rings. The molecule has 0 unspecified atom stereocenters. The Morgan fingerprint density at radius 2 is 1.87 bits per heavy atom. The lowest BCUT2D eigenvalue weighted by Gasteiger charge is -2.04. The lowest BCUT2D eigenvalue weighted by Crippen LogP contribution is -2.05. The molecule has 0 atom stereocenters. The number of hydrogen-bond acceptors (Lipinski definition) is 5. The van der Waals surface area contributed by atoms with E-state index in [4.69, 9.17) is 8.92 Å². The Kier molecular flexibility index (Phi) is 3.69. The molecule has 2 aromatic carbocycles. The molecule has 0 spiro atoms. The molecule has 3 rings (SSSR count). The number of Topliss-reactive ketones (excluding diaryl/α,β-unsaturated/α-hetero) is 1. The summed E-state index contributed by atoms with van der Waals surface area (Å²) in [6.07, 6.45) is 2.63. The number of hydrogen-bond donors (Lipinski definition) is 0. The molecule has 1 aliphatic rings. The van der Waals surface area contributed by atoms with Gasteiger partial charge in [0, 0.05) is 6.07 Å². The predicted molar refractivity (Wildman–Crippen MR) is 86.0 cm³/mol. The van der Waals surface area contributed by atoms with Crippen molar-refractivity contribution < 1.29 is 22.1 Å². The second kappa shape index (κ2) is 5.55. The Hall–Kier alpha value is -2.60. The SMILES string of the molecule is Cc1ccccc1C=C1Oc2cc(OS(C)(=O)=O)ccc2C1=O. The van der Waals surface area contributed by atoms with Crippen LogP contribution < -0.4 is 8.92 Å². The third-order valence-corrected chi connectivity index (χ3v) is 3.86. The van der Waals surface area contributed by atoms with Crippen molar-refractivity contribution in [2.75, 3.05) is 6.26 Å². The van der Waals surface area contributed by atoms with Crippen molar-refractivity contribution in [1.29, 1.82) is 0 Å². The van der Waals surface area contributed by atoms with Crippen LogP contribution in [0.4, 0.5) is 0 Å². The summed E-state index contributed by atoms with van der Waals surface area (Å²) in [5.41, 5.74) is 2.29. The topological polar surface area (TPSA) is 69.7 Å². The summed E-state index contributed by atoms with van der Waals surface area (Å²) < 4.78 is 32.7. The van der Waals surface area contributed by atoms with Crippen molar-refractivity contribution in [1.82, 2.24) is 0 Å². The standard InChI is InChI=1S/C17H14O5S/c1-11-5-3-4-6-12(11)9-16-17(18)14-8-7-13(10-15(14)21-16)22-23(2,19)20/h3-10H,1-2H3. The summed E-state index contributed by atoms with van der Waals surface area (Å²) in [7, 11) is -3.63. The van der Waals surface area contributed by atoms with E-state index in [0.717, 1.165) is 17.4 Å². The first-order valence-electron chi connectivity index (χ1n) is 6.87. The van der Waals surface area contributed by atoms with Crippen LogP contribution in [0.25, 0.3) is 6.08 Å². The average molecular weight is 330 g/mol. The highest BCUT2D eigenvalue weighted by Gasteiger charge is 2.28. The fraction of sp³-hybridized carbons (Fsp3) is 0.118. The summed E-state index contributed by atoms with van der Waals surface area (Å²) in [6, 6.07) is 11.9. The molecule has 5 nitrogen and oxygen atoms in total. The molecular formula is C17H14O5S. The van der Waals surface area contributed by atoms with Crippen molar-refractivity contribution >= 4 is 22.0 Å². The first-order chi connectivity index (χ1) is 10.8. The number of carbonyl (C=O) groups is 1. The monoisotopic (exact) mass is 330 g/mol. The van der Waals surface area contributed by atoms with Gasteiger partial charge >= 0.3 is 10.1 Å². The lowest BCUT2D eigenvalue weighted by atomic mass is 10.1. The van der Waals surface area contributed by atoms with E-state index in [1.165, 1.54) is 18.2 Å². The first-order valence-corrected chi connectivity index (χ1v) is 8.68. The molecule has 0 saturated carbocycles. The smallest absolute Gasteiger partial charge is 0.306 e. The molecular weight excluding hydrogens is 316 g/mol. The third-order valence-electron chi connectivity index (χ3n) is 3.36. The number of carbonyl (C=O) groups excluding carboxylic acids is 1. The second-order valence-electron chi connectivity index (χ2n) is 5.24. The number of aryl methyl sites for hydroxylation is 1. The Bertz CT molecular complexity index is 926. The molecule has 6 heteroatoms. The summed E-state index contributed by atoms with van der Waals surface area (Å²) in [4.78, 5) is 12.4. The lowest BCUT2D eigenvalue weighted by molar-refractivity contribution is 0.101. The van der Waals surface area contributed by atoms with E-state index in [2.05, 4.69) is 0 Å². The van der Waals surface area contributed by atoms with E-state index < -0.39 is 10.1 Å². The van der Waals surface area contributed by atoms with Crippen LogP contribution in [0.3, 0.4) is 0 Å². The van der Waals surface area contributed by atoms with E-state index >= 15 is 0 Å². The van der Waals surface area contributed by atoms with Gasteiger partial charge in [-0.15, -0.1) is 0 Å². The molecule has 0 aliphatic carbocycles. The number of ketones is 1. The Morgan fingerprint density at radius 1 is 1.13 bits per heavy atom. The van der Waals surface area contributed by atoms with Gasteiger partial charge in [0.1, 0.15) is 11.5 Å². The number of ether oxygens (including phenoxy) is 1. The van der Waals surface area contributed by atoms with Gasteiger partial charge in [0.05, 0.1) is 11.8 Å². The number of rotatable bonds is 3. The van der Waals surface area contributed by atoms with Crippen molar-refractivity contribution in [3.05, 3.63) is 64.9 Å². The van der Waals surface area contributed by atoms with Crippen molar-refractivity contribution in [3.8, 4) is 11.5 Å². The van der Waals surface area contributed by atoms with Crippen LogP contribution in [0, 0.1) is 6.92 Å². The molecule has 0 N–H and O–H groups in total. The minimum Gasteiger partial charge on any atom is -0.452 e. The molecule has 0 saturated heterocycles. The maximum absolute atomic E-state index is 12.4. The molecule has 0 aromatic heterocycles. The highest BCUT2D eigenvalue weighted by Crippen LogP contribution is 2.35. The molecule has 0 amide bonds. The minimum atomic E-state index is -3.63. The van der Waals surface area contributed by atoms with Crippen LogP contribution in [-0.4, -0.2) is 20.5 Å². The van der Waals surface area contributed by atoms with Gasteiger partial charge in [-0.25, -0.2) is 0 Å². The quantitative estimate of drug-likeness (QED) is 0.639. The molecule has 2 aromatic rings. The van der Waals surface area contributed by atoms with E-state index in [9.17, 15) is 13.2 Å². The maximum atomic E-state index is 12.4. The summed E-state index contributed by atoms with van der Waals surface area (Å²) in [5.74, 6) is 0.354. The van der Waals surface area contributed by atoms with E-state index in [-0.39, 0.29) is 23.0 Å². The molecule has 0 bridgehead atoms. The highest BCUT2D eigenvalue weighted by molar-refractivity contribution is 7.86. The first kappa shape index (κ1) is 15.3. The molecule has 118 valence electrons. The average Bonchev–Trinajstić information content (AvgIpc) is 2.76. The Morgan fingerprint density at radius 3 is 2.57 bits per heavy atom. The van der Waals surface area contributed by atoms with Crippen molar-refractivity contribution in [2.45, 2.75) is 6.92 Å². The summed E-state index contributed by atoms with van der Waals surface area (Å²) in [6.45, 7) is 1.94. The van der Waals surface area contributed by atoms with Crippen LogP contribution in [0.2, 0.25) is 0 Å². The normalized spacial score (nSPS) is 15.4.